The highest BCUT2D eigenvalue weighted by Gasteiger charge is 2.41. The second kappa shape index (κ2) is 8.32. The number of carbonyl (C=O) groups excluding carboxylic acids is 1. The standard InChI is InChI=1S/C14H23N3OS.2ClH/c1-9(2)6-12-16-11(7-19-12)13(18)17-14(3,8-15)10-4-5-10;;/h7,9-10H,4-6,8,15H2,1-3H3,(H,17,18);2*1H. The molecule has 1 fully saturated rings. The molecule has 3 N–H and O–H groups in total. The Morgan fingerprint density at radius 2 is 2.14 bits per heavy atom. The second-order valence-corrected chi connectivity index (χ2v) is 7.02. The number of rotatable bonds is 6. The summed E-state index contributed by atoms with van der Waals surface area (Å²) in [5.41, 5.74) is 6.06. The fourth-order valence-corrected chi connectivity index (χ4v) is 3.21. The molecule has 2 rings (SSSR count). The molecule has 1 saturated carbocycles. The normalized spacial score (nSPS) is 16.6. The number of nitrogens with zero attached hydrogens (tertiary/aromatic N) is 1. The average molecular weight is 354 g/mol. The van der Waals surface area contributed by atoms with E-state index in [2.05, 4.69) is 24.1 Å². The first-order chi connectivity index (χ1) is 8.94. The van der Waals surface area contributed by atoms with Crippen LogP contribution in [0.15, 0.2) is 5.38 Å². The molecule has 122 valence electrons. The molecule has 7 heteroatoms. The molecule has 0 aromatic carbocycles. The van der Waals surface area contributed by atoms with Crippen LogP contribution in [0, 0.1) is 11.8 Å². The zero-order chi connectivity index (χ0) is 14.0. The SMILES string of the molecule is CC(C)Cc1nc(C(=O)NC(C)(CN)C2CC2)cs1.Cl.Cl. The summed E-state index contributed by atoms with van der Waals surface area (Å²) in [4.78, 5) is 16.6. The van der Waals surface area contributed by atoms with Crippen molar-refractivity contribution in [2.75, 3.05) is 6.54 Å². The van der Waals surface area contributed by atoms with Gasteiger partial charge in [0.05, 0.1) is 10.5 Å². The lowest BCUT2D eigenvalue weighted by molar-refractivity contribution is 0.0893. The highest BCUT2D eigenvalue weighted by molar-refractivity contribution is 7.09. The minimum Gasteiger partial charge on any atom is -0.344 e. The molecule has 1 aliphatic carbocycles. The van der Waals surface area contributed by atoms with E-state index in [0.717, 1.165) is 24.3 Å². The number of aromatic nitrogens is 1. The molecule has 1 aromatic heterocycles. The zero-order valence-corrected chi connectivity index (χ0v) is 15.2. The van der Waals surface area contributed by atoms with Crippen LogP contribution in [0.1, 0.15) is 49.1 Å². The molecule has 21 heavy (non-hydrogen) atoms. The van der Waals surface area contributed by atoms with Crippen LogP contribution in [0.2, 0.25) is 0 Å². The summed E-state index contributed by atoms with van der Waals surface area (Å²) in [5, 5.41) is 5.94. The number of halogens is 2. The van der Waals surface area contributed by atoms with Gasteiger partial charge in [-0.15, -0.1) is 36.2 Å². The molecule has 1 amide bonds. The second-order valence-electron chi connectivity index (χ2n) is 6.07. The Bertz CT molecular complexity index is 463. The monoisotopic (exact) mass is 353 g/mol. The highest BCUT2D eigenvalue weighted by atomic mass is 35.5. The maximum absolute atomic E-state index is 12.2. The molecule has 4 nitrogen and oxygen atoms in total. The lowest BCUT2D eigenvalue weighted by Gasteiger charge is -2.29. The van der Waals surface area contributed by atoms with Gasteiger partial charge in [-0.1, -0.05) is 13.8 Å². The fraction of sp³-hybridized carbons (Fsp3) is 0.714. The minimum atomic E-state index is -0.279. The van der Waals surface area contributed by atoms with E-state index in [0.29, 0.717) is 24.1 Å². The zero-order valence-electron chi connectivity index (χ0n) is 12.7. The van der Waals surface area contributed by atoms with E-state index in [9.17, 15) is 4.79 Å². The quantitative estimate of drug-likeness (QED) is 0.825. The van der Waals surface area contributed by atoms with Gasteiger partial charge in [-0.25, -0.2) is 4.98 Å². The van der Waals surface area contributed by atoms with Crippen molar-refractivity contribution in [3.63, 3.8) is 0 Å². The van der Waals surface area contributed by atoms with Crippen LogP contribution in [0.4, 0.5) is 0 Å². The number of hydrogen-bond acceptors (Lipinski definition) is 4. The molecular formula is C14H25Cl2N3OS. The predicted octanol–water partition coefficient (Wildman–Crippen LogP) is 3.04. The van der Waals surface area contributed by atoms with Crippen molar-refractivity contribution in [3.8, 4) is 0 Å². The third-order valence-electron chi connectivity index (χ3n) is 3.67. The number of amides is 1. The van der Waals surface area contributed by atoms with E-state index < -0.39 is 0 Å². The third-order valence-corrected chi connectivity index (χ3v) is 4.54. The van der Waals surface area contributed by atoms with Gasteiger partial charge in [0.2, 0.25) is 0 Å². The lowest BCUT2D eigenvalue weighted by Crippen LogP contribution is -2.53. The first kappa shape index (κ1) is 20.6. The summed E-state index contributed by atoms with van der Waals surface area (Å²) in [6, 6.07) is 0. The van der Waals surface area contributed by atoms with Crippen molar-refractivity contribution in [2.24, 2.45) is 17.6 Å². The van der Waals surface area contributed by atoms with Crippen LogP contribution in [0.25, 0.3) is 0 Å². The van der Waals surface area contributed by atoms with Gasteiger partial charge in [0.1, 0.15) is 5.69 Å². The van der Waals surface area contributed by atoms with Crippen LogP contribution in [0.3, 0.4) is 0 Å². The first-order valence-electron chi connectivity index (χ1n) is 6.91. The van der Waals surface area contributed by atoms with Crippen LogP contribution >= 0.6 is 36.2 Å². The molecule has 1 heterocycles. The number of hydrogen-bond donors (Lipinski definition) is 2. The summed E-state index contributed by atoms with van der Waals surface area (Å²) in [6.07, 6.45) is 3.24. The van der Waals surface area contributed by atoms with E-state index in [-0.39, 0.29) is 36.3 Å². The topological polar surface area (TPSA) is 68.0 Å². The van der Waals surface area contributed by atoms with Gasteiger partial charge in [-0.3, -0.25) is 4.79 Å². The van der Waals surface area contributed by atoms with Gasteiger partial charge in [0.15, 0.2) is 0 Å². The summed E-state index contributed by atoms with van der Waals surface area (Å²) >= 11 is 1.56. The molecule has 0 bridgehead atoms. The number of nitrogens with two attached hydrogens (primary N) is 1. The maximum Gasteiger partial charge on any atom is 0.271 e. The molecule has 1 aliphatic rings. The molecule has 0 saturated heterocycles. The summed E-state index contributed by atoms with van der Waals surface area (Å²) < 4.78 is 0. The van der Waals surface area contributed by atoms with Gasteiger partial charge in [-0.2, -0.15) is 0 Å². The fourth-order valence-electron chi connectivity index (χ4n) is 2.22. The van der Waals surface area contributed by atoms with Gasteiger partial charge in [-0.05, 0) is 31.6 Å². The molecular weight excluding hydrogens is 329 g/mol. The molecule has 0 spiro atoms. The Hall–Kier alpha value is -0.360. The Morgan fingerprint density at radius 1 is 1.52 bits per heavy atom. The number of nitrogens with one attached hydrogen (secondary N) is 1. The predicted molar refractivity (Wildman–Crippen MR) is 92.8 cm³/mol. The van der Waals surface area contributed by atoms with Gasteiger partial charge < -0.3 is 11.1 Å². The highest BCUT2D eigenvalue weighted by Crippen LogP contribution is 2.39. The number of carbonyl (C=O) groups is 1. The Kier molecular flexibility index (Phi) is 8.18. The summed E-state index contributed by atoms with van der Waals surface area (Å²) in [6.45, 7) is 6.82. The van der Waals surface area contributed by atoms with E-state index in [4.69, 9.17) is 5.73 Å². The Balaban J connectivity index is 0.00000200. The van der Waals surface area contributed by atoms with Gasteiger partial charge in [0.25, 0.3) is 5.91 Å². The van der Waals surface area contributed by atoms with Crippen LogP contribution in [-0.2, 0) is 6.42 Å². The minimum absolute atomic E-state index is 0. The molecule has 0 aliphatic heterocycles. The Morgan fingerprint density at radius 3 is 2.62 bits per heavy atom. The van der Waals surface area contributed by atoms with Gasteiger partial charge in [0, 0.05) is 18.3 Å². The lowest BCUT2D eigenvalue weighted by atomic mass is 9.96. The van der Waals surface area contributed by atoms with Gasteiger partial charge >= 0.3 is 0 Å². The van der Waals surface area contributed by atoms with E-state index >= 15 is 0 Å². The van der Waals surface area contributed by atoms with E-state index in [1.54, 1.807) is 11.3 Å². The molecule has 1 unspecified atom stereocenters. The van der Waals surface area contributed by atoms with E-state index in [1.165, 1.54) is 0 Å². The van der Waals surface area contributed by atoms with Crippen molar-refractivity contribution in [1.29, 1.82) is 0 Å². The van der Waals surface area contributed by atoms with Crippen LogP contribution in [-0.4, -0.2) is 23.0 Å². The smallest absolute Gasteiger partial charge is 0.271 e. The van der Waals surface area contributed by atoms with Crippen molar-refractivity contribution >= 4 is 42.1 Å². The van der Waals surface area contributed by atoms with Crippen LogP contribution in [0.5, 0.6) is 0 Å². The summed E-state index contributed by atoms with van der Waals surface area (Å²) in [7, 11) is 0. The third kappa shape index (κ3) is 5.40. The van der Waals surface area contributed by atoms with Crippen molar-refractivity contribution in [2.45, 2.75) is 45.6 Å². The maximum atomic E-state index is 12.2. The number of thiazole rings is 1. The molecule has 1 aromatic rings. The van der Waals surface area contributed by atoms with Crippen molar-refractivity contribution in [3.05, 3.63) is 16.1 Å². The van der Waals surface area contributed by atoms with Crippen LogP contribution < -0.4 is 11.1 Å². The Labute approximate surface area is 143 Å². The first-order valence-corrected chi connectivity index (χ1v) is 7.79. The largest absolute Gasteiger partial charge is 0.344 e. The van der Waals surface area contributed by atoms with E-state index in [1.807, 2.05) is 12.3 Å². The van der Waals surface area contributed by atoms with Crippen molar-refractivity contribution in [1.82, 2.24) is 10.3 Å². The average Bonchev–Trinajstić information content (AvgIpc) is 3.10. The molecule has 1 atom stereocenters. The molecule has 0 radical (unpaired) electrons. The summed E-state index contributed by atoms with van der Waals surface area (Å²) in [5.74, 6) is 0.990. The van der Waals surface area contributed by atoms with Crippen molar-refractivity contribution < 1.29 is 4.79 Å².